The highest BCUT2D eigenvalue weighted by Crippen LogP contribution is 2.63. The van der Waals surface area contributed by atoms with Crippen LogP contribution in [-0.2, 0) is 0 Å². The molecule has 1 aliphatic rings. The lowest BCUT2D eigenvalue weighted by molar-refractivity contribution is 0.234. The Morgan fingerprint density at radius 2 is 1.85 bits per heavy atom. The second-order valence-electron chi connectivity index (χ2n) is 6.14. The zero-order valence-electron chi connectivity index (χ0n) is 9.72. The summed E-state index contributed by atoms with van der Waals surface area (Å²) in [6, 6.07) is 0. The summed E-state index contributed by atoms with van der Waals surface area (Å²) in [5, 5.41) is 8.98. The fourth-order valence-electron chi connectivity index (χ4n) is 2.63. The minimum absolute atomic E-state index is 0.349. The SMILES string of the molecule is CC1C(CC(C)(C)C)C1(C)CCO. The zero-order chi connectivity index (χ0) is 10.3. The highest BCUT2D eigenvalue weighted by molar-refractivity contribution is 5.06. The van der Waals surface area contributed by atoms with Gasteiger partial charge < -0.3 is 5.11 Å². The predicted molar refractivity (Wildman–Crippen MR) is 56.5 cm³/mol. The van der Waals surface area contributed by atoms with E-state index in [2.05, 4.69) is 34.6 Å². The van der Waals surface area contributed by atoms with Crippen molar-refractivity contribution in [1.29, 1.82) is 0 Å². The summed E-state index contributed by atoms with van der Waals surface area (Å²) in [6.45, 7) is 11.9. The van der Waals surface area contributed by atoms with Crippen molar-refractivity contribution in [3.8, 4) is 0 Å². The lowest BCUT2D eigenvalue weighted by atomic mass is 9.86. The van der Waals surface area contributed by atoms with Gasteiger partial charge in [-0.15, -0.1) is 0 Å². The summed E-state index contributed by atoms with van der Waals surface area (Å²) in [5.74, 6) is 1.64. The van der Waals surface area contributed by atoms with E-state index in [1.54, 1.807) is 0 Å². The summed E-state index contributed by atoms with van der Waals surface area (Å²) in [7, 11) is 0. The molecule has 0 aromatic heterocycles. The van der Waals surface area contributed by atoms with Gasteiger partial charge in [0, 0.05) is 6.61 Å². The van der Waals surface area contributed by atoms with Crippen molar-refractivity contribution in [2.75, 3.05) is 6.61 Å². The molecule has 0 heterocycles. The average molecular weight is 184 g/mol. The Morgan fingerprint density at radius 1 is 1.31 bits per heavy atom. The Kier molecular flexibility index (Phi) is 2.78. The van der Waals surface area contributed by atoms with Crippen LogP contribution in [0, 0.1) is 22.7 Å². The van der Waals surface area contributed by atoms with Crippen molar-refractivity contribution >= 4 is 0 Å². The van der Waals surface area contributed by atoms with Crippen molar-refractivity contribution < 1.29 is 5.11 Å². The van der Waals surface area contributed by atoms with Crippen LogP contribution in [0.5, 0.6) is 0 Å². The molecule has 13 heavy (non-hydrogen) atoms. The van der Waals surface area contributed by atoms with Crippen molar-refractivity contribution in [2.45, 2.75) is 47.5 Å². The van der Waals surface area contributed by atoms with Gasteiger partial charge >= 0.3 is 0 Å². The fraction of sp³-hybridized carbons (Fsp3) is 1.00. The number of aliphatic hydroxyl groups excluding tert-OH is 1. The molecule has 1 heteroatoms. The van der Waals surface area contributed by atoms with Crippen LogP contribution >= 0.6 is 0 Å². The van der Waals surface area contributed by atoms with Crippen LogP contribution in [-0.4, -0.2) is 11.7 Å². The summed E-state index contributed by atoms with van der Waals surface area (Å²) in [6.07, 6.45) is 2.28. The van der Waals surface area contributed by atoms with Crippen LogP contribution in [0.4, 0.5) is 0 Å². The van der Waals surface area contributed by atoms with Gasteiger partial charge in [0.1, 0.15) is 0 Å². The van der Waals surface area contributed by atoms with Gasteiger partial charge in [0.05, 0.1) is 0 Å². The van der Waals surface area contributed by atoms with Crippen LogP contribution in [0.3, 0.4) is 0 Å². The summed E-state index contributed by atoms with van der Waals surface area (Å²) in [5.41, 5.74) is 0.869. The van der Waals surface area contributed by atoms with Gasteiger partial charge in [-0.25, -0.2) is 0 Å². The monoisotopic (exact) mass is 184 g/mol. The predicted octanol–water partition coefficient (Wildman–Crippen LogP) is 3.08. The van der Waals surface area contributed by atoms with E-state index < -0.39 is 0 Å². The highest BCUT2D eigenvalue weighted by atomic mass is 16.3. The molecule has 0 aliphatic heterocycles. The maximum absolute atomic E-state index is 8.98. The van der Waals surface area contributed by atoms with Crippen LogP contribution in [0.25, 0.3) is 0 Å². The van der Waals surface area contributed by atoms with Crippen molar-refractivity contribution in [3.63, 3.8) is 0 Å². The molecule has 0 spiro atoms. The molecule has 78 valence electrons. The topological polar surface area (TPSA) is 20.2 Å². The van der Waals surface area contributed by atoms with Crippen LogP contribution in [0.2, 0.25) is 0 Å². The maximum Gasteiger partial charge on any atom is 0.0436 e. The molecule has 1 nitrogen and oxygen atoms in total. The Morgan fingerprint density at radius 3 is 2.23 bits per heavy atom. The van der Waals surface area contributed by atoms with Crippen LogP contribution in [0.1, 0.15) is 47.5 Å². The summed E-state index contributed by atoms with van der Waals surface area (Å²) < 4.78 is 0. The van der Waals surface area contributed by atoms with Gasteiger partial charge in [-0.3, -0.25) is 0 Å². The maximum atomic E-state index is 8.98. The average Bonchev–Trinajstić information content (AvgIpc) is 2.39. The van der Waals surface area contributed by atoms with Gasteiger partial charge in [-0.1, -0.05) is 34.6 Å². The molecule has 0 bridgehead atoms. The van der Waals surface area contributed by atoms with E-state index in [0.717, 1.165) is 18.3 Å². The number of hydrogen-bond acceptors (Lipinski definition) is 1. The third-order valence-electron chi connectivity index (χ3n) is 3.86. The van der Waals surface area contributed by atoms with Crippen LogP contribution in [0.15, 0.2) is 0 Å². The second kappa shape index (κ2) is 3.27. The third kappa shape index (κ3) is 2.25. The molecule has 1 N–H and O–H groups in total. The van der Waals surface area contributed by atoms with E-state index in [9.17, 15) is 0 Å². The molecule has 3 unspecified atom stereocenters. The van der Waals surface area contributed by atoms with Crippen molar-refractivity contribution in [1.82, 2.24) is 0 Å². The quantitative estimate of drug-likeness (QED) is 0.714. The first-order valence-corrected chi connectivity index (χ1v) is 5.42. The molecule has 1 saturated carbocycles. The molecular weight excluding hydrogens is 160 g/mol. The summed E-state index contributed by atoms with van der Waals surface area (Å²) >= 11 is 0. The Bertz CT molecular complexity index is 180. The lowest BCUT2D eigenvalue weighted by Crippen LogP contribution is -2.10. The van der Waals surface area contributed by atoms with Crippen LogP contribution < -0.4 is 0 Å². The molecule has 1 aliphatic carbocycles. The molecule has 3 atom stereocenters. The molecular formula is C12H24O. The standard InChI is InChI=1S/C12H24O/c1-9-10(8-11(2,3)4)12(9,5)6-7-13/h9-10,13H,6-8H2,1-5H3. The van der Waals surface area contributed by atoms with E-state index in [1.807, 2.05) is 0 Å². The number of aliphatic hydroxyl groups is 1. The van der Waals surface area contributed by atoms with Gasteiger partial charge in [-0.05, 0) is 35.5 Å². The molecule has 0 saturated heterocycles. The first-order chi connectivity index (χ1) is 5.81. The molecule has 0 aromatic rings. The minimum Gasteiger partial charge on any atom is -0.396 e. The molecule has 1 rings (SSSR count). The van der Waals surface area contributed by atoms with E-state index in [1.165, 1.54) is 6.42 Å². The second-order valence-corrected chi connectivity index (χ2v) is 6.14. The summed E-state index contributed by atoms with van der Waals surface area (Å²) in [4.78, 5) is 0. The van der Waals surface area contributed by atoms with E-state index in [4.69, 9.17) is 5.11 Å². The van der Waals surface area contributed by atoms with Gasteiger partial charge in [0.2, 0.25) is 0 Å². The largest absolute Gasteiger partial charge is 0.396 e. The first kappa shape index (κ1) is 11.0. The van der Waals surface area contributed by atoms with E-state index in [0.29, 0.717) is 17.4 Å². The first-order valence-electron chi connectivity index (χ1n) is 5.42. The minimum atomic E-state index is 0.349. The highest BCUT2D eigenvalue weighted by Gasteiger charge is 2.57. The van der Waals surface area contributed by atoms with E-state index >= 15 is 0 Å². The molecule has 0 radical (unpaired) electrons. The smallest absolute Gasteiger partial charge is 0.0436 e. The van der Waals surface area contributed by atoms with Crippen molar-refractivity contribution in [2.24, 2.45) is 22.7 Å². The molecule has 0 amide bonds. The van der Waals surface area contributed by atoms with Gasteiger partial charge in [0.15, 0.2) is 0 Å². The number of rotatable bonds is 3. The Balaban J connectivity index is 2.48. The van der Waals surface area contributed by atoms with Gasteiger partial charge in [0.25, 0.3) is 0 Å². The third-order valence-corrected chi connectivity index (χ3v) is 3.86. The Hall–Kier alpha value is -0.0400. The lowest BCUT2D eigenvalue weighted by Gasteiger charge is -2.19. The Labute approximate surface area is 82.5 Å². The number of hydrogen-bond donors (Lipinski definition) is 1. The molecule has 1 fully saturated rings. The zero-order valence-corrected chi connectivity index (χ0v) is 9.72. The molecule has 0 aromatic carbocycles. The normalized spacial score (nSPS) is 39.2. The van der Waals surface area contributed by atoms with Crippen molar-refractivity contribution in [3.05, 3.63) is 0 Å². The fourth-order valence-corrected chi connectivity index (χ4v) is 2.63. The van der Waals surface area contributed by atoms with Gasteiger partial charge in [-0.2, -0.15) is 0 Å². The van der Waals surface area contributed by atoms with E-state index in [-0.39, 0.29) is 0 Å².